The molecule has 4 rings (SSSR count). The summed E-state index contributed by atoms with van der Waals surface area (Å²) in [5.41, 5.74) is 6.02. The Hall–Kier alpha value is -1.64. The van der Waals surface area contributed by atoms with E-state index in [9.17, 15) is 0 Å². The van der Waals surface area contributed by atoms with Crippen LogP contribution >= 0.6 is 0 Å². The van der Waals surface area contributed by atoms with E-state index in [2.05, 4.69) is 53.8 Å². The van der Waals surface area contributed by atoms with Crippen molar-refractivity contribution < 1.29 is 4.74 Å². The van der Waals surface area contributed by atoms with Crippen molar-refractivity contribution >= 4 is 0 Å². The first-order valence-corrected chi connectivity index (χ1v) is 8.40. The molecule has 0 bridgehead atoms. The lowest BCUT2D eigenvalue weighted by Gasteiger charge is -2.29. The Balaban J connectivity index is 1.73. The van der Waals surface area contributed by atoms with E-state index < -0.39 is 0 Å². The number of morpholine rings is 1. The minimum absolute atomic E-state index is 0.318. The molecular weight excluding hydrogens is 270 g/mol. The summed E-state index contributed by atoms with van der Waals surface area (Å²) in [5, 5.41) is 3.46. The Morgan fingerprint density at radius 3 is 2.14 bits per heavy atom. The molecule has 1 fully saturated rings. The van der Waals surface area contributed by atoms with Gasteiger partial charge in [-0.05, 0) is 41.5 Å². The standard InChI is InChI=1S/C20H23NO/c1-3-7-18-15(5-1)9-10-16-6-2-4-8-19(16)20(18)13-17-14-21-11-12-22-17/h1-8,17,20-21H,9-14H2. The van der Waals surface area contributed by atoms with E-state index in [1.807, 2.05) is 0 Å². The highest BCUT2D eigenvalue weighted by molar-refractivity contribution is 5.44. The fraction of sp³-hybridized carbons (Fsp3) is 0.400. The summed E-state index contributed by atoms with van der Waals surface area (Å²) in [6.45, 7) is 2.79. The van der Waals surface area contributed by atoms with Gasteiger partial charge in [0.1, 0.15) is 0 Å². The van der Waals surface area contributed by atoms with Crippen molar-refractivity contribution in [3.63, 3.8) is 0 Å². The third-order valence-corrected chi connectivity index (χ3v) is 5.03. The van der Waals surface area contributed by atoms with Crippen LogP contribution in [0.4, 0.5) is 0 Å². The molecule has 0 spiro atoms. The van der Waals surface area contributed by atoms with Crippen LogP contribution in [0.15, 0.2) is 48.5 Å². The molecule has 114 valence electrons. The quantitative estimate of drug-likeness (QED) is 0.917. The summed E-state index contributed by atoms with van der Waals surface area (Å²) < 4.78 is 5.99. The van der Waals surface area contributed by atoms with Gasteiger partial charge in [0.15, 0.2) is 0 Å². The van der Waals surface area contributed by atoms with E-state index in [0.717, 1.165) is 39.0 Å². The third-order valence-electron chi connectivity index (χ3n) is 5.03. The number of rotatable bonds is 2. The van der Waals surface area contributed by atoms with Gasteiger partial charge >= 0.3 is 0 Å². The van der Waals surface area contributed by atoms with Gasteiger partial charge in [0, 0.05) is 19.0 Å². The first kappa shape index (κ1) is 14.0. The maximum atomic E-state index is 5.99. The summed E-state index contributed by atoms with van der Waals surface area (Å²) in [5.74, 6) is 0.458. The first-order valence-electron chi connectivity index (χ1n) is 8.40. The van der Waals surface area contributed by atoms with Gasteiger partial charge in [0.2, 0.25) is 0 Å². The van der Waals surface area contributed by atoms with Gasteiger partial charge < -0.3 is 10.1 Å². The molecule has 2 nitrogen and oxygen atoms in total. The molecule has 1 heterocycles. The van der Waals surface area contributed by atoms with Crippen molar-refractivity contribution in [1.82, 2.24) is 5.32 Å². The maximum absolute atomic E-state index is 5.99. The van der Waals surface area contributed by atoms with Gasteiger partial charge in [0.05, 0.1) is 12.7 Å². The van der Waals surface area contributed by atoms with Gasteiger partial charge in [-0.2, -0.15) is 0 Å². The van der Waals surface area contributed by atoms with Crippen LogP contribution in [0.5, 0.6) is 0 Å². The van der Waals surface area contributed by atoms with E-state index in [4.69, 9.17) is 4.74 Å². The van der Waals surface area contributed by atoms with Crippen LogP contribution < -0.4 is 5.32 Å². The highest BCUT2D eigenvalue weighted by Crippen LogP contribution is 2.37. The molecule has 1 atom stereocenters. The summed E-state index contributed by atoms with van der Waals surface area (Å²) in [4.78, 5) is 0. The lowest BCUT2D eigenvalue weighted by Crippen LogP contribution is -2.39. The second kappa shape index (κ2) is 6.23. The van der Waals surface area contributed by atoms with Crippen molar-refractivity contribution in [2.24, 2.45) is 0 Å². The van der Waals surface area contributed by atoms with Crippen molar-refractivity contribution in [3.05, 3.63) is 70.8 Å². The molecule has 1 N–H and O–H groups in total. The molecule has 2 heteroatoms. The van der Waals surface area contributed by atoms with E-state index >= 15 is 0 Å². The van der Waals surface area contributed by atoms with Crippen LogP contribution in [0.1, 0.15) is 34.6 Å². The third kappa shape index (κ3) is 2.69. The zero-order chi connectivity index (χ0) is 14.8. The summed E-state index contributed by atoms with van der Waals surface area (Å²) in [6.07, 6.45) is 3.68. The number of fused-ring (bicyclic) bond motifs is 2. The van der Waals surface area contributed by atoms with Gasteiger partial charge in [-0.1, -0.05) is 48.5 Å². The van der Waals surface area contributed by atoms with Crippen molar-refractivity contribution in [1.29, 1.82) is 0 Å². The molecule has 2 aliphatic rings. The zero-order valence-electron chi connectivity index (χ0n) is 12.9. The molecule has 0 amide bonds. The number of hydrogen-bond donors (Lipinski definition) is 1. The average Bonchev–Trinajstić information content (AvgIpc) is 2.74. The van der Waals surface area contributed by atoms with Gasteiger partial charge in [-0.15, -0.1) is 0 Å². The summed E-state index contributed by atoms with van der Waals surface area (Å²) in [7, 11) is 0. The minimum atomic E-state index is 0.318. The number of ether oxygens (including phenoxy) is 1. The molecule has 1 aliphatic heterocycles. The lowest BCUT2D eigenvalue weighted by atomic mass is 9.84. The van der Waals surface area contributed by atoms with Crippen LogP contribution in [0, 0.1) is 0 Å². The van der Waals surface area contributed by atoms with E-state index in [0.29, 0.717) is 12.0 Å². The highest BCUT2D eigenvalue weighted by atomic mass is 16.5. The largest absolute Gasteiger partial charge is 0.376 e. The average molecular weight is 293 g/mol. The van der Waals surface area contributed by atoms with Crippen molar-refractivity contribution in [2.45, 2.75) is 31.3 Å². The predicted octanol–water partition coefficient (Wildman–Crippen LogP) is 3.30. The second-order valence-corrected chi connectivity index (χ2v) is 6.38. The van der Waals surface area contributed by atoms with Crippen LogP contribution in [-0.2, 0) is 17.6 Å². The number of nitrogens with one attached hydrogen (secondary N) is 1. The van der Waals surface area contributed by atoms with Gasteiger partial charge in [-0.25, -0.2) is 0 Å². The highest BCUT2D eigenvalue weighted by Gasteiger charge is 2.27. The Morgan fingerprint density at radius 2 is 1.55 bits per heavy atom. The number of benzene rings is 2. The summed E-state index contributed by atoms with van der Waals surface area (Å²) in [6, 6.07) is 17.9. The molecule has 2 aromatic rings. The summed E-state index contributed by atoms with van der Waals surface area (Å²) >= 11 is 0. The van der Waals surface area contributed by atoms with Crippen molar-refractivity contribution in [3.8, 4) is 0 Å². The molecule has 0 aromatic heterocycles. The maximum Gasteiger partial charge on any atom is 0.0709 e. The van der Waals surface area contributed by atoms with E-state index in [1.165, 1.54) is 22.3 Å². The van der Waals surface area contributed by atoms with Crippen LogP contribution in [0.3, 0.4) is 0 Å². The van der Waals surface area contributed by atoms with Crippen LogP contribution in [-0.4, -0.2) is 25.8 Å². The predicted molar refractivity (Wildman–Crippen MR) is 89.4 cm³/mol. The SMILES string of the molecule is c1ccc2c(c1)CCc1ccccc1C2CC1CNCCO1. The topological polar surface area (TPSA) is 21.3 Å². The molecule has 1 unspecified atom stereocenters. The molecule has 0 radical (unpaired) electrons. The zero-order valence-corrected chi connectivity index (χ0v) is 12.9. The van der Waals surface area contributed by atoms with Crippen LogP contribution in [0.2, 0.25) is 0 Å². The molecule has 22 heavy (non-hydrogen) atoms. The van der Waals surface area contributed by atoms with Crippen LogP contribution in [0.25, 0.3) is 0 Å². The second-order valence-electron chi connectivity index (χ2n) is 6.38. The fourth-order valence-electron chi connectivity index (χ4n) is 3.93. The van der Waals surface area contributed by atoms with Gasteiger partial charge in [-0.3, -0.25) is 0 Å². The first-order chi connectivity index (χ1) is 10.9. The monoisotopic (exact) mass is 293 g/mol. The Bertz CT molecular complexity index is 598. The molecule has 0 saturated carbocycles. The van der Waals surface area contributed by atoms with E-state index in [1.54, 1.807) is 0 Å². The minimum Gasteiger partial charge on any atom is -0.376 e. The Labute approximate surface area is 132 Å². The van der Waals surface area contributed by atoms with Crippen molar-refractivity contribution in [2.75, 3.05) is 19.7 Å². The Kier molecular flexibility index (Phi) is 3.96. The normalized spacial score (nSPS) is 21.7. The fourth-order valence-corrected chi connectivity index (χ4v) is 3.93. The molecule has 1 aliphatic carbocycles. The lowest BCUT2D eigenvalue weighted by molar-refractivity contribution is 0.0212. The number of hydrogen-bond acceptors (Lipinski definition) is 2. The smallest absolute Gasteiger partial charge is 0.0709 e. The molecular formula is C20H23NO. The Morgan fingerprint density at radius 1 is 0.909 bits per heavy atom. The van der Waals surface area contributed by atoms with E-state index in [-0.39, 0.29) is 0 Å². The van der Waals surface area contributed by atoms with Gasteiger partial charge in [0.25, 0.3) is 0 Å². The number of aryl methyl sites for hydroxylation is 2. The molecule has 1 saturated heterocycles. The molecule has 2 aromatic carbocycles.